The summed E-state index contributed by atoms with van der Waals surface area (Å²) in [4.78, 5) is 33.1. The second-order valence-electron chi connectivity index (χ2n) is 8.31. The molecule has 32 heavy (non-hydrogen) atoms. The maximum Gasteiger partial charge on any atom is 0.227 e. The number of nitrogens with zero attached hydrogens (tertiary/aromatic N) is 4. The number of hydrogen-bond donors (Lipinski definition) is 2. The summed E-state index contributed by atoms with van der Waals surface area (Å²) in [7, 11) is 0. The Morgan fingerprint density at radius 2 is 1.94 bits per heavy atom. The molecule has 2 amide bonds. The first-order valence-corrected chi connectivity index (χ1v) is 11.3. The normalized spacial score (nSPS) is 15.9. The van der Waals surface area contributed by atoms with Gasteiger partial charge < -0.3 is 19.6 Å². The SMILES string of the molecule is CC(=O)NC1(c2noc(CCC(=O)NCc3cn4cc(Cl)ccc4n3)n2)CCCCCC1. The molecule has 0 aliphatic heterocycles. The molecular formula is C22H27ClN6O3. The molecule has 0 unspecified atom stereocenters. The number of pyridine rings is 1. The molecule has 0 atom stereocenters. The van der Waals surface area contributed by atoms with E-state index in [0.717, 1.165) is 49.9 Å². The second-order valence-corrected chi connectivity index (χ2v) is 8.75. The highest BCUT2D eigenvalue weighted by molar-refractivity contribution is 6.30. The van der Waals surface area contributed by atoms with Crippen LogP contribution in [-0.2, 0) is 28.1 Å². The fourth-order valence-corrected chi connectivity index (χ4v) is 4.39. The Balaban J connectivity index is 1.33. The van der Waals surface area contributed by atoms with E-state index in [1.165, 1.54) is 6.92 Å². The zero-order chi connectivity index (χ0) is 22.6. The van der Waals surface area contributed by atoms with E-state index in [1.807, 2.05) is 16.7 Å². The summed E-state index contributed by atoms with van der Waals surface area (Å²) in [6, 6.07) is 3.60. The van der Waals surface area contributed by atoms with E-state index in [1.54, 1.807) is 12.3 Å². The van der Waals surface area contributed by atoms with Gasteiger partial charge in [-0.25, -0.2) is 4.98 Å². The van der Waals surface area contributed by atoms with Gasteiger partial charge in [-0.15, -0.1) is 0 Å². The Kier molecular flexibility index (Phi) is 6.74. The monoisotopic (exact) mass is 458 g/mol. The maximum atomic E-state index is 12.3. The summed E-state index contributed by atoms with van der Waals surface area (Å²) in [5.41, 5.74) is 0.924. The van der Waals surface area contributed by atoms with Crippen LogP contribution in [0.2, 0.25) is 5.02 Å². The van der Waals surface area contributed by atoms with Crippen LogP contribution in [-0.4, -0.2) is 31.3 Å². The van der Waals surface area contributed by atoms with Gasteiger partial charge in [-0.05, 0) is 25.0 Å². The van der Waals surface area contributed by atoms with Crippen molar-refractivity contribution in [2.75, 3.05) is 0 Å². The van der Waals surface area contributed by atoms with Crippen molar-refractivity contribution >= 4 is 29.1 Å². The molecule has 9 nitrogen and oxygen atoms in total. The molecule has 10 heteroatoms. The van der Waals surface area contributed by atoms with Crippen LogP contribution in [0.4, 0.5) is 0 Å². The smallest absolute Gasteiger partial charge is 0.227 e. The van der Waals surface area contributed by atoms with Gasteiger partial charge in [0.25, 0.3) is 0 Å². The van der Waals surface area contributed by atoms with E-state index in [9.17, 15) is 9.59 Å². The Labute approximate surface area is 190 Å². The average molecular weight is 459 g/mol. The molecule has 170 valence electrons. The van der Waals surface area contributed by atoms with Crippen LogP contribution in [0, 0.1) is 0 Å². The van der Waals surface area contributed by atoms with Crippen LogP contribution < -0.4 is 10.6 Å². The van der Waals surface area contributed by atoms with E-state index in [2.05, 4.69) is 25.8 Å². The molecule has 0 saturated heterocycles. The van der Waals surface area contributed by atoms with Gasteiger partial charge in [0, 0.05) is 32.2 Å². The average Bonchev–Trinajstić information content (AvgIpc) is 3.33. The molecular weight excluding hydrogens is 432 g/mol. The fourth-order valence-electron chi connectivity index (χ4n) is 4.22. The zero-order valence-corrected chi connectivity index (χ0v) is 18.8. The van der Waals surface area contributed by atoms with E-state index >= 15 is 0 Å². The maximum absolute atomic E-state index is 12.3. The molecule has 0 aromatic carbocycles. The van der Waals surface area contributed by atoms with Crippen LogP contribution in [0.1, 0.15) is 69.3 Å². The second kappa shape index (κ2) is 9.68. The van der Waals surface area contributed by atoms with Crippen molar-refractivity contribution < 1.29 is 14.1 Å². The van der Waals surface area contributed by atoms with Gasteiger partial charge >= 0.3 is 0 Å². The van der Waals surface area contributed by atoms with E-state index in [4.69, 9.17) is 16.1 Å². The van der Waals surface area contributed by atoms with Crippen LogP contribution in [0.25, 0.3) is 5.65 Å². The zero-order valence-electron chi connectivity index (χ0n) is 18.1. The number of aryl methyl sites for hydroxylation is 1. The first kappa shape index (κ1) is 22.3. The first-order chi connectivity index (χ1) is 15.4. The molecule has 0 radical (unpaired) electrons. The lowest BCUT2D eigenvalue weighted by molar-refractivity contribution is -0.122. The highest BCUT2D eigenvalue weighted by Gasteiger charge is 2.38. The highest BCUT2D eigenvalue weighted by Crippen LogP contribution is 2.34. The predicted octanol–water partition coefficient (Wildman–Crippen LogP) is 3.31. The third-order valence-corrected chi connectivity index (χ3v) is 5.99. The summed E-state index contributed by atoms with van der Waals surface area (Å²) in [5, 5.41) is 10.7. The largest absolute Gasteiger partial charge is 0.350 e. The van der Waals surface area contributed by atoms with Gasteiger partial charge in [-0.2, -0.15) is 4.98 Å². The minimum absolute atomic E-state index is 0.105. The number of aromatic nitrogens is 4. The molecule has 1 aliphatic carbocycles. The Bertz CT molecular complexity index is 1100. The minimum Gasteiger partial charge on any atom is -0.350 e. The summed E-state index contributed by atoms with van der Waals surface area (Å²) >= 11 is 5.99. The van der Waals surface area contributed by atoms with Crippen molar-refractivity contribution in [2.24, 2.45) is 0 Å². The fraction of sp³-hybridized carbons (Fsp3) is 0.500. The molecule has 0 bridgehead atoms. The lowest BCUT2D eigenvalue weighted by Crippen LogP contribution is -2.45. The number of carbonyl (C=O) groups is 2. The summed E-state index contributed by atoms with van der Waals surface area (Å²) < 4.78 is 7.23. The van der Waals surface area contributed by atoms with Gasteiger partial charge in [0.05, 0.1) is 17.3 Å². The van der Waals surface area contributed by atoms with Crippen molar-refractivity contribution in [1.82, 2.24) is 30.2 Å². The van der Waals surface area contributed by atoms with Gasteiger partial charge in [-0.1, -0.05) is 42.4 Å². The number of amides is 2. The lowest BCUT2D eigenvalue weighted by atomic mass is 9.89. The summed E-state index contributed by atoms with van der Waals surface area (Å²) in [6.45, 7) is 1.83. The van der Waals surface area contributed by atoms with Crippen molar-refractivity contribution in [3.05, 3.63) is 47.0 Å². The number of hydrogen-bond acceptors (Lipinski definition) is 6. The van der Waals surface area contributed by atoms with E-state index in [0.29, 0.717) is 29.7 Å². The van der Waals surface area contributed by atoms with Crippen molar-refractivity contribution in [3.8, 4) is 0 Å². The van der Waals surface area contributed by atoms with E-state index in [-0.39, 0.29) is 18.2 Å². The number of rotatable bonds is 7. The van der Waals surface area contributed by atoms with Crippen LogP contribution in [0.15, 0.2) is 29.0 Å². The van der Waals surface area contributed by atoms with Gasteiger partial charge in [-0.3, -0.25) is 9.59 Å². The minimum atomic E-state index is -0.585. The molecule has 3 heterocycles. The Morgan fingerprint density at radius 1 is 1.16 bits per heavy atom. The van der Waals surface area contributed by atoms with Gasteiger partial charge in [0.2, 0.25) is 17.7 Å². The summed E-state index contributed by atoms with van der Waals surface area (Å²) in [5.74, 6) is 0.664. The topological polar surface area (TPSA) is 114 Å². The van der Waals surface area contributed by atoms with E-state index < -0.39 is 5.54 Å². The summed E-state index contributed by atoms with van der Waals surface area (Å²) in [6.07, 6.45) is 9.99. The van der Waals surface area contributed by atoms with Crippen molar-refractivity contribution in [2.45, 2.75) is 70.4 Å². The molecule has 1 aliphatic rings. The number of imidazole rings is 1. The van der Waals surface area contributed by atoms with Crippen LogP contribution >= 0.6 is 11.6 Å². The standard InChI is InChI=1S/C22H27ClN6O3/c1-15(30)27-22(10-4-2-3-5-11-22)21-26-20(32-28-21)9-8-19(31)24-12-17-14-29-13-16(23)6-7-18(29)25-17/h6-7,13-14H,2-5,8-12H2,1H3,(H,24,31)(H,27,30). The highest BCUT2D eigenvalue weighted by atomic mass is 35.5. The third-order valence-electron chi connectivity index (χ3n) is 5.77. The molecule has 1 saturated carbocycles. The van der Waals surface area contributed by atoms with Crippen LogP contribution in [0.5, 0.6) is 0 Å². The van der Waals surface area contributed by atoms with Gasteiger partial charge in [0.1, 0.15) is 11.2 Å². The quantitative estimate of drug-likeness (QED) is 0.525. The number of nitrogens with one attached hydrogen (secondary N) is 2. The predicted molar refractivity (Wildman–Crippen MR) is 118 cm³/mol. The Morgan fingerprint density at radius 3 is 2.69 bits per heavy atom. The Hall–Kier alpha value is -2.94. The van der Waals surface area contributed by atoms with Crippen LogP contribution in [0.3, 0.4) is 0 Å². The molecule has 2 N–H and O–H groups in total. The lowest BCUT2D eigenvalue weighted by Gasteiger charge is -2.30. The number of halogens is 1. The number of fused-ring (bicyclic) bond motifs is 1. The van der Waals surface area contributed by atoms with Gasteiger partial charge in [0.15, 0.2) is 5.82 Å². The molecule has 1 fully saturated rings. The van der Waals surface area contributed by atoms with Crippen molar-refractivity contribution in [3.63, 3.8) is 0 Å². The number of carbonyl (C=O) groups excluding carboxylic acids is 2. The third kappa shape index (κ3) is 5.27. The first-order valence-electron chi connectivity index (χ1n) is 11.0. The molecule has 3 aromatic rings. The molecule has 3 aromatic heterocycles. The molecule has 0 spiro atoms. The molecule has 4 rings (SSSR count). The van der Waals surface area contributed by atoms with Crippen molar-refractivity contribution in [1.29, 1.82) is 0 Å².